The van der Waals surface area contributed by atoms with Gasteiger partial charge >= 0.3 is 0 Å². The summed E-state index contributed by atoms with van der Waals surface area (Å²) in [6, 6.07) is 6.06. The number of hydrogen-bond acceptors (Lipinski definition) is 2. The molecule has 5 rings (SSSR count). The number of amides is 1. The third-order valence-corrected chi connectivity index (χ3v) is 6.04. The molecular weight excluding hydrogens is 336 g/mol. The van der Waals surface area contributed by atoms with E-state index >= 15 is 0 Å². The van der Waals surface area contributed by atoms with E-state index in [2.05, 4.69) is 39.6 Å². The zero-order chi connectivity index (χ0) is 18.1. The largest absolute Gasteiger partial charge is 0.361 e. The summed E-state index contributed by atoms with van der Waals surface area (Å²) in [5.41, 5.74) is 4.78. The van der Waals surface area contributed by atoms with Crippen molar-refractivity contribution < 1.29 is 13.6 Å². The van der Waals surface area contributed by atoms with Crippen LogP contribution in [0.15, 0.2) is 30.5 Å². The van der Waals surface area contributed by atoms with E-state index in [1.807, 2.05) is 13.1 Å². The predicted molar refractivity (Wildman–Crippen MR) is 96.0 cm³/mol. The number of carbonyl (C=O) groups is 1. The summed E-state index contributed by atoms with van der Waals surface area (Å²) >= 11 is 0. The molecule has 2 unspecified atom stereocenters. The lowest BCUT2D eigenvalue weighted by atomic mass is 9.79. The number of hydrogen-bond donors (Lipinski definition) is 2. The summed E-state index contributed by atoms with van der Waals surface area (Å²) in [6.07, 6.45) is 4.57. The molecular formula is C20H21F2N3O. The monoisotopic (exact) mass is 357 g/mol. The van der Waals surface area contributed by atoms with Crippen LogP contribution in [0.5, 0.6) is 0 Å². The zero-order valence-electron chi connectivity index (χ0n) is 14.6. The lowest BCUT2D eigenvalue weighted by Gasteiger charge is -2.41. The fourth-order valence-electron chi connectivity index (χ4n) is 4.69. The van der Waals surface area contributed by atoms with Gasteiger partial charge in [0.15, 0.2) is 0 Å². The molecule has 0 radical (unpaired) electrons. The second-order valence-electron chi connectivity index (χ2n) is 7.90. The highest BCUT2D eigenvalue weighted by atomic mass is 19.3. The Balaban J connectivity index is 1.46. The van der Waals surface area contributed by atoms with Gasteiger partial charge in [0.1, 0.15) is 0 Å². The van der Waals surface area contributed by atoms with E-state index in [0.717, 1.165) is 11.9 Å². The Morgan fingerprint density at radius 2 is 2.15 bits per heavy atom. The molecule has 2 aliphatic carbocycles. The van der Waals surface area contributed by atoms with Gasteiger partial charge in [0.2, 0.25) is 5.91 Å². The molecule has 4 nitrogen and oxygen atoms in total. The molecule has 0 spiro atoms. The second-order valence-corrected chi connectivity index (χ2v) is 7.90. The summed E-state index contributed by atoms with van der Waals surface area (Å²) in [5.74, 6) is -3.07. The Hall–Kier alpha value is -2.21. The summed E-state index contributed by atoms with van der Waals surface area (Å²) in [7, 11) is 2.03. The van der Waals surface area contributed by atoms with Crippen LogP contribution in [-0.4, -0.2) is 47.4 Å². The minimum absolute atomic E-state index is 0.143. The molecule has 1 aliphatic heterocycles. The number of aromatic amines is 1. The lowest BCUT2D eigenvalue weighted by Crippen LogP contribution is -2.54. The minimum atomic E-state index is -2.62. The molecule has 1 aromatic heterocycles. The summed E-state index contributed by atoms with van der Waals surface area (Å²) in [5, 5.41) is 4.04. The van der Waals surface area contributed by atoms with Gasteiger partial charge in [-0.25, -0.2) is 8.78 Å². The number of H-pyrrole nitrogens is 1. The molecule has 1 fully saturated rings. The Morgan fingerprint density at radius 1 is 1.35 bits per heavy atom. The topological polar surface area (TPSA) is 48.1 Å². The van der Waals surface area contributed by atoms with Gasteiger partial charge in [0.25, 0.3) is 5.92 Å². The van der Waals surface area contributed by atoms with Gasteiger partial charge < -0.3 is 10.3 Å². The number of nitrogens with one attached hydrogen (secondary N) is 2. The minimum Gasteiger partial charge on any atom is -0.361 e. The van der Waals surface area contributed by atoms with E-state index in [9.17, 15) is 13.6 Å². The Morgan fingerprint density at radius 3 is 2.92 bits per heavy atom. The van der Waals surface area contributed by atoms with Crippen molar-refractivity contribution in [2.45, 2.75) is 37.3 Å². The van der Waals surface area contributed by atoms with Crippen LogP contribution in [0.25, 0.3) is 16.5 Å². The molecule has 1 amide bonds. The first-order valence-electron chi connectivity index (χ1n) is 9.11. The number of aromatic nitrogens is 1. The molecule has 0 saturated heterocycles. The number of benzene rings is 1. The zero-order valence-corrected chi connectivity index (χ0v) is 14.6. The number of likely N-dealkylation sites (N-methyl/N-ethyl adjacent to an activating group) is 1. The van der Waals surface area contributed by atoms with Crippen molar-refractivity contribution in [2.75, 3.05) is 13.6 Å². The molecule has 6 heteroatoms. The van der Waals surface area contributed by atoms with E-state index in [4.69, 9.17) is 0 Å². The Kier molecular flexibility index (Phi) is 3.32. The molecule has 1 aromatic carbocycles. The molecule has 2 heterocycles. The van der Waals surface area contributed by atoms with Crippen molar-refractivity contribution in [3.8, 4) is 0 Å². The van der Waals surface area contributed by atoms with E-state index < -0.39 is 12.0 Å². The molecule has 1 saturated carbocycles. The summed E-state index contributed by atoms with van der Waals surface area (Å²) < 4.78 is 26.1. The van der Waals surface area contributed by atoms with Crippen molar-refractivity contribution in [3.05, 3.63) is 41.6 Å². The number of alkyl halides is 2. The number of halogens is 2. The fourth-order valence-corrected chi connectivity index (χ4v) is 4.69. The highest BCUT2D eigenvalue weighted by Crippen LogP contribution is 2.41. The second kappa shape index (κ2) is 5.39. The quantitative estimate of drug-likeness (QED) is 0.868. The Labute approximate surface area is 150 Å². The third-order valence-electron chi connectivity index (χ3n) is 6.04. The summed E-state index contributed by atoms with van der Waals surface area (Å²) in [4.78, 5) is 18.2. The summed E-state index contributed by atoms with van der Waals surface area (Å²) in [6.45, 7) is 0.610. The van der Waals surface area contributed by atoms with Crippen LogP contribution in [0.4, 0.5) is 8.78 Å². The SMILES string of the molecule is CN1CC(C(=O)NC2CC(F)(F)C2)C=C2c3cccc4[nH]cc(c34)CC21. The molecule has 2 N–H and O–H groups in total. The normalized spacial score (nSPS) is 27.6. The van der Waals surface area contributed by atoms with Crippen LogP contribution in [0.3, 0.4) is 0 Å². The number of rotatable bonds is 2. The van der Waals surface area contributed by atoms with Crippen LogP contribution in [0, 0.1) is 5.92 Å². The van der Waals surface area contributed by atoms with Gasteiger partial charge in [0, 0.05) is 48.6 Å². The van der Waals surface area contributed by atoms with Gasteiger partial charge in [-0.05, 0) is 36.2 Å². The van der Waals surface area contributed by atoms with Gasteiger partial charge in [-0.15, -0.1) is 0 Å². The average Bonchev–Trinajstić information content (AvgIpc) is 2.98. The molecule has 0 bridgehead atoms. The van der Waals surface area contributed by atoms with Crippen LogP contribution in [0.1, 0.15) is 24.0 Å². The Bertz CT molecular complexity index is 924. The number of fused-ring (bicyclic) bond motifs is 2. The van der Waals surface area contributed by atoms with Gasteiger partial charge in [-0.1, -0.05) is 18.2 Å². The first-order valence-corrected chi connectivity index (χ1v) is 9.11. The van der Waals surface area contributed by atoms with Crippen LogP contribution < -0.4 is 5.32 Å². The molecule has 136 valence electrons. The first-order chi connectivity index (χ1) is 12.4. The molecule has 2 atom stereocenters. The third kappa shape index (κ3) is 2.39. The lowest BCUT2D eigenvalue weighted by molar-refractivity contribution is -0.132. The van der Waals surface area contributed by atoms with E-state index in [0.29, 0.717) is 6.54 Å². The van der Waals surface area contributed by atoms with E-state index in [-0.39, 0.29) is 30.7 Å². The fraction of sp³-hybridized carbons (Fsp3) is 0.450. The van der Waals surface area contributed by atoms with Crippen molar-refractivity contribution >= 4 is 22.4 Å². The van der Waals surface area contributed by atoms with Crippen molar-refractivity contribution in [3.63, 3.8) is 0 Å². The van der Waals surface area contributed by atoms with Gasteiger partial charge in [0.05, 0.1) is 5.92 Å². The molecule has 2 aromatic rings. The molecule has 26 heavy (non-hydrogen) atoms. The standard InChI is InChI=1S/C20H21F2N3O/c1-25-10-12(19(26)24-13-7-20(21,22)8-13)5-15-14-3-2-4-16-18(14)11(9-23-16)6-17(15)25/h2-5,9,12-13,17,23H,6-8,10H2,1H3,(H,24,26). The van der Waals surface area contributed by atoms with Crippen molar-refractivity contribution in [1.82, 2.24) is 15.2 Å². The van der Waals surface area contributed by atoms with E-state index in [1.165, 1.54) is 22.1 Å². The highest BCUT2D eigenvalue weighted by molar-refractivity contribution is 5.99. The van der Waals surface area contributed by atoms with Crippen LogP contribution in [0.2, 0.25) is 0 Å². The number of nitrogens with zero attached hydrogens (tertiary/aromatic N) is 1. The predicted octanol–water partition coefficient (Wildman–Crippen LogP) is 2.95. The van der Waals surface area contributed by atoms with E-state index in [1.54, 1.807) is 0 Å². The van der Waals surface area contributed by atoms with Crippen LogP contribution >= 0.6 is 0 Å². The number of carbonyl (C=O) groups excluding carboxylic acids is 1. The van der Waals surface area contributed by atoms with Crippen molar-refractivity contribution in [1.29, 1.82) is 0 Å². The average molecular weight is 357 g/mol. The highest BCUT2D eigenvalue weighted by Gasteiger charge is 2.46. The maximum absolute atomic E-state index is 13.0. The van der Waals surface area contributed by atoms with Gasteiger partial charge in [-0.2, -0.15) is 0 Å². The van der Waals surface area contributed by atoms with Crippen molar-refractivity contribution in [2.24, 2.45) is 5.92 Å². The van der Waals surface area contributed by atoms with Gasteiger partial charge in [-0.3, -0.25) is 9.69 Å². The molecule has 3 aliphatic rings. The first kappa shape index (κ1) is 16.0. The maximum Gasteiger partial charge on any atom is 0.252 e. The maximum atomic E-state index is 13.0. The smallest absolute Gasteiger partial charge is 0.252 e. The van der Waals surface area contributed by atoms with Crippen LogP contribution in [-0.2, 0) is 11.2 Å².